The van der Waals surface area contributed by atoms with Gasteiger partial charge >= 0.3 is 12.0 Å². The highest BCUT2D eigenvalue weighted by atomic mass is 19.1. The molecule has 0 heterocycles. The Bertz CT molecular complexity index is 540. The van der Waals surface area contributed by atoms with Gasteiger partial charge in [0.2, 0.25) is 5.83 Å². The van der Waals surface area contributed by atoms with Gasteiger partial charge in [0.05, 0.1) is 7.11 Å². The van der Waals surface area contributed by atoms with Crippen molar-refractivity contribution in [3.05, 3.63) is 11.9 Å². The summed E-state index contributed by atoms with van der Waals surface area (Å²) in [6.07, 6.45) is 11.7. The highest BCUT2D eigenvalue weighted by Crippen LogP contribution is 2.57. The molecule has 146 valence electrons. The van der Waals surface area contributed by atoms with Gasteiger partial charge in [0.25, 0.3) is 0 Å². The molecule has 4 saturated carbocycles. The number of nitrogens with zero attached hydrogens (tertiary/aromatic N) is 1. The Kier molecular flexibility index (Phi) is 5.88. The zero-order valence-corrected chi connectivity index (χ0v) is 15.7. The maximum absolute atomic E-state index is 13.3. The maximum atomic E-state index is 13.3. The number of primary amides is 1. The smallest absolute Gasteiger partial charge is 0.366 e. The number of amides is 2. The van der Waals surface area contributed by atoms with Crippen molar-refractivity contribution in [3.8, 4) is 0 Å². The van der Waals surface area contributed by atoms with Crippen molar-refractivity contribution in [2.45, 2.75) is 69.7 Å². The lowest BCUT2D eigenvalue weighted by Crippen LogP contribution is -2.62. The molecule has 0 radical (unpaired) electrons. The number of halogens is 1. The third-order valence-electron chi connectivity index (χ3n) is 6.63. The molecule has 2 N–H and O–H groups in total. The monoisotopic (exact) mass is 366 g/mol. The number of urea groups is 1. The molecule has 4 rings (SSSR count). The lowest BCUT2D eigenvalue weighted by molar-refractivity contribution is -0.137. The second-order valence-corrected chi connectivity index (χ2v) is 8.52. The summed E-state index contributed by atoms with van der Waals surface area (Å²) in [5.74, 6) is 0.560. The van der Waals surface area contributed by atoms with Crippen LogP contribution in [-0.2, 0) is 9.53 Å². The highest BCUT2D eigenvalue weighted by Gasteiger charge is 2.54. The van der Waals surface area contributed by atoms with Crippen molar-refractivity contribution in [2.24, 2.45) is 23.5 Å². The zero-order chi connectivity index (χ0) is 18.7. The van der Waals surface area contributed by atoms with Crippen LogP contribution in [0.25, 0.3) is 0 Å². The van der Waals surface area contributed by atoms with Crippen molar-refractivity contribution >= 4 is 12.0 Å². The number of hydrogen-bond acceptors (Lipinski definition) is 3. The number of carbonyl (C=O) groups excluding carboxylic acids is 2. The number of unbranched alkanes of at least 4 members (excludes halogenated alkanes) is 3. The molecule has 4 aliphatic rings. The van der Waals surface area contributed by atoms with E-state index >= 15 is 0 Å². The van der Waals surface area contributed by atoms with E-state index in [1.54, 1.807) is 0 Å². The fourth-order valence-corrected chi connectivity index (χ4v) is 5.98. The molecule has 26 heavy (non-hydrogen) atoms. The molecule has 4 bridgehead atoms. The van der Waals surface area contributed by atoms with Crippen LogP contribution >= 0.6 is 0 Å². The van der Waals surface area contributed by atoms with Crippen LogP contribution in [0.4, 0.5) is 9.18 Å². The average Bonchev–Trinajstić information content (AvgIpc) is 2.58. The van der Waals surface area contributed by atoms with E-state index in [9.17, 15) is 14.0 Å². The fraction of sp³-hybridized carbons (Fsp3) is 0.800. The first-order valence-electron chi connectivity index (χ1n) is 9.94. The number of ether oxygens (including phenoxy) is 1. The summed E-state index contributed by atoms with van der Waals surface area (Å²) in [5, 5.41) is 0. The van der Waals surface area contributed by atoms with Gasteiger partial charge in [-0.15, -0.1) is 0 Å². The molecule has 5 nitrogen and oxygen atoms in total. The molecular formula is C20H31FN2O3. The van der Waals surface area contributed by atoms with Crippen LogP contribution in [0, 0.1) is 17.8 Å². The lowest BCUT2D eigenvalue weighted by atomic mass is 9.52. The van der Waals surface area contributed by atoms with Crippen molar-refractivity contribution in [1.82, 2.24) is 4.90 Å². The molecule has 0 aromatic carbocycles. The minimum atomic E-state index is -0.924. The SMILES string of the molecule is COC(=O)/C(F)=C/CCCCCN(C(N)=O)C12CC3CC(CC(C3)C1)C2. The lowest BCUT2D eigenvalue weighted by Gasteiger charge is -2.60. The number of allylic oxidation sites excluding steroid dienone is 1. The largest absolute Gasteiger partial charge is 0.464 e. The van der Waals surface area contributed by atoms with E-state index in [-0.39, 0.29) is 11.6 Å². The fourth-order valence-electron chi connectivity index (χ4n) is 5.98. The van der Waals surface area contributed by atoms with E-state index in [2.05, 4.69) is 4.74 Å². The topological polar surface area (TPSA) is 72.6 Å². The van der Waals surface area contributed by atoms with Crippen molar-refractivity contribution in [1.29, 1.82) is 0 Å². The molecule has 0 unspecified atom stereocenters. The van der Waals surface area contributed by atoms with Gasteiger partial charge in [-0.3, -0.25) is 0 Å². The van der Waals surface area contributed by atoms with Gasteiger partial charge < -0.3 is 15.4 Å². The summed E-state index contributed by atoms with van der Waals surface area (Å²) < 4.78 is 17.6. The molecule has 0 aromatic rings. The van der Waals surface area contributed by atoms with E-state index in [0.717, 1.165) is 56.3 Å². The summed E-state index contributed by atoms with van der Waals surface area (Å²) in [7, 11) is 1.17. The van der Waals surface area contributed by atoms with Gasteiger partial charge in [0.15, 0.2) is 0 Å². The Labute approximate surface area is 155 Å². The van der Waals surface area contributed by atoms with E-state index in [0.29, 0.717) is 13.0 Å². The van der Waals surface area contributed by atoms with Crippen LogP contribution in [0.15, 0.2) is 11.9 Å². The maximum Gasteiger partial charge on any atom is 0.366 e. The molecular weight excluding hydrogens is 335 g/mol. The second kappa shape index (κ2) is 7.97. The quantitative estimate of drug-likeness (QED) is 0.402. The molecule has 2 amide bonds. The van der Waals surface area contributed by atoms with Crippen molar-refractivity contribution in [3.63, 3.8) is 0 Å². The Hall–Kier alpha value is -1.59. The Balaban J connectivity index is 1.48. The molecule has 6 heteroatoms. The van der Waals surface area contributed by atoms with Crippen LogP contribution in [0.2, 0.25) is 0 Å². The van der Waals surface area contributed by atoms with E-state index in [1.807, 2.05) is 4.90 Å². The Morgan fingerprint density at radius 2 is 1.69 bits per heavy atom. The van der Waals surface area contributed by atoms with Gasteiger partial charge in [-0.2, -0.15) is 4.39 Å². The predicted octanol–water partition coefficient (Wildman–Crippen LogP) is 3.92. The summed E-state index contributed by atoms with van der Waals surface area (Å²) >= 11 is 0. The summed E-state index contributed by atoms with van der Waals surface area (Å²) in [6, 6.07) is -0.288. The van der Waals surface area contributed by atoms with E-state index in [1.165, 1.54) is 32.4 Å². The molecule has 4 aliphatic carbocycles. The molecule has 0 spiro atoms. The average molecular weight is 366 g/mol. The van der Waals surface area contributed by atoms with Crippen molar-refractivity contribution < 1.29 is 18.7 Å². The van der Waals surface area contributed by atoms with Gasteiger partial charge in [0.1, 0.15) is 0 Å². The first-order chi connectivity index (χ1) is 12.4. The number of carbonyl (C=O) groups is 2. The molecule has 0 aliphatic heterocycles. The van der Waals surface area contributed by atoms with Crippen molar-refractivity contribution in [2.75, 3.05) is 13.7 Å². The van der Waals surface area contributed by atoms with E-state index < -0.39 is 11.8 Å². The van der Waals surface area contributed by atoms with Crippen LogP contribution in [0.3, 0.4) is 0 Å². The minimum absolute atomic E-state index is 0.00250. The van der Waals surface area contributed by atoms with Gasteiger partial charge in [0, 0.05) is 12.1 Å². The summed E-state index contributed by atoms with van der Waals surface area (Å²) in [4.78, 5) is 25.1. The third kappa shape index (κ3) is 4.04. The summed E-state index contributed by atoms with van der Waals surface area (Å²) in [6.45, 7) is 0.685. The zero-order valence-electron chi connectivity index (χ0n) is 15.7. The molecule has 0 saturated heterocycles. The number of methoxy groups -OCH3 is 1. The first kappa shape index (κ1) is 19.2. The van der Waals surface area contributed by atoms with Gasteiger partial charge in [-0.25, -0.2) is 9.59 Å². The minimum Gasteiger partial charge on any atom is -0.464 e. The van der Waals surface area contributed by atoms with Gasteiger partial charge in [-0.05, 0) is 81.6 Å². The van der Waals surface area contributed by atoms with Crippen LogP contribution < -0.4 is 5.73 Å². The standard InChI is InChI=1S/C20H31FN2O3/c1-26-18(24)17(21)6-4-2-3-5-7-23(19(22)25)20-11-14-8-15(12-20)10-16(9-14)13-20/h6,14-16H,2-5,7-13H2,1H3,(H2,22,25)/b17-6-. The van der Waals surface area contributed by atoms with E-state index in [4.69, 9.17) is 5.73 Å². The number of rotatable bonds is 8. The third-order valence-corrected chi connectivity index (χ3v) is 6.63. The number of hydrogen-bond donors (Lipinski definition) is 1. The van der Waals surface area contributed by atoms with Crippen LogP contribution in [0.1, 0.15) is 64.2 Å². The molecule has 4 fully saturated rings. The Morgan fingerprint density at radius 1 is 1.12 bits per heavy atom. The first-order valence-corrected chi connectivity index (χ1v) is 9.94. The predicted molar refractivity (Wildman–Crippen MR) is 96.9 cm³/mol. The van der Waals surface area contributed by atoms with Crippen LogP contribution in [0.5, 0.6) is 0 Å². The number of nitrogens with two attached hydrogens (primary N) is 1. The molecule has 0 atom stereocenters. The normalized spacial score (nSPS) is 32.5. The van der Waals surface area contributed by atoms with Crippen LogP contribution in [-0.4, -0.2) is 36.1 Å². The summed E-state index contributed by atoms with van der Waals surface area (Å²) in [5.41, 5.74) is 5.76. The number of esters is 1. The molecule has 0 aromatic heterocycles. The van der Waals surface area contributed by atoms with Gasteiger partial charge in [-0.1, -0.05) is 6.42 Å². The highest BCUT2D eigenvalue weighted by molar-refractivity contribution is 5.85. The Morgan fingerprint density at radius 3 is 2.19 bits per heavy atom. The second-order valence-electron chi connectivity index (χ2n) is 8.52.